The van der Waals surface area contributed by atoms with E-state index in [2.05, 4.69) is 4.98 Å². The molecule has 0 aliphatic carbocycles. The van der Waals surface area contributed by atoms with Crippen molar-refractivity contribution >= 4 is 17.2 Å². The molecule has 3 N–H and O–H groups in total. The molecule has 5 heteroatoms. The number of nitrogens with one attached hydrogen (secondary N) is 1. The largest absolute Gasteiger partial charge is 0.365 e. The van der Waals surface area contributed by atoms with Crippen molar-refractivity contribution in [1.29, 1.82) is 0 Å². The average molecular weight is 234 g/mol. The number of hydrogen-bond donors (Lipinski definition) is 2. The Balaban J connectivity index is 2.75. The Hall–Kier alpha value is -1.88. The van der Waals surface area contributed by atoms with Gasteiger partial charge in [0, 0.05) is 16.8 Å². The predicted octanol–water partition coefficient (Wildman–Crippen LogP) is 1.51. The molecule has 0 aromatic carbocycles. The summed E-state index contributed by atoms with van der Waals surface area (Å²) in [4.78, 5) is 26.8. The van der Waals surface area contributed by atoms with E-state index in [0.717, 1.165) is 10.6 Å². The molecule has 0 radical (unpaired) electrons. The number of nitrogens with two attached hydrogens (primary N) is 1. The lowest BCUT2D eigenvalue weighted by Gasteiger charge is -2.04. The summed E-state index contributed by atoms with van der Waals surface area (Å²) in [6.07, 6.45) is 1.36. The second kappa shape index (κ2) is 3.94. The SMILES string of the molecule is Cc1[nH]cc(C(N)=O)c(=O)c1-c1cccs1. The molecular weight excluding hydrogens is 224 g/mol. The number of amides is 1. The molecule has 0 unspecified atom stereocenters. The number of aryl methyl sites for hydroxylation is 1. The summed E-state index contributed by atoms with van der Waals surface area (Å²) >= 11 is 1.45. The number of thiophene rings is 1. The minimum Gasteiger partial charge on any atom is -0.365 e. The highest BCUT2D eigenvalue weighted by Crippen LogP contribution is 2.23. The highest BCUT2D eigenvalue weighted by atomic mass is 32.1. The Morgan fingerprint density at radius 3 is 2.81 bits per heavy atom. The average Bonchev–Trinajstić information content (AvgIpc) is 2.70. The molecule has 16 heavy (non-hydrogen) atoms. The maximum atomic E-state index is 12.0. The van der Waals surface area contributed by atoms with Gasteiger partial charge in [-0.15, -0.1) is 11.3 Å². The van der Waals surface area contributed by atoms with Crippen LogP contribution < -0.4 is 11.2 Å². The summed E-state index contributed by atoms with van der Waals surface area (Å²) in [5.74, 6) is -0.709. The molecule has 2 heterocycles. The topological polar surface area (TPSA) is 76.0 Å². The van der Waals surface area contributed by atoms with Gasteiger partial charge < -0.3 is 10.7 Å². The lowest BCUT2D eigenvalue weighted by molar-refractivity contribution is 0.0999. The van der Waals surface area contributed by atoms with Crippen LogP contribution in [-0.4, -0.2) is 10.9 Å². The van der Waals surface area contributed by atoms with Gasteiger partial charge in [0.1, 0.15) is 5.56 Å². The van der Waals surface area contributed by atoms with Crippen molar-refractivity contribution in [3.8, 4) is 10.4 Å². The van der Waals surface area contributed by atoms with Gasteiger partial charge in [0.25, 0.3) is 5.91 Å². The lowest BCUT2D eigenvalue weighted by Crippen LogP contribution is -2.23. The maximum absolute atomic E-state index is 12.0. The molecule has 4 nitrogen and oxygen atoms in total. The zero-order valence-electron chi connectivity index (χ0n) is 8.61. The van der Waals surface area contributed by atoms with Gasteiger partial charge in [-0.05, 0) is 18.4 Å². The summed E-state index contributed by atoms with van der Waals surface area (Å²) in [5.41, 5.74) is 6.07. The number of primary amides is 1. The van der Waals surface area contributed by atoms with Crippen LogP contribution >= 0.6 is 11.3 Å². The van der Waals surface area contributed by atoms with Crippen LogP contribution in [0.1, 0.15) is 16.1 Å². The van der Waals surface area contributed by atoms with E-state index in [4.69, 9.17) is 5.73 Å². The zero-order chi connectivity index (χ0) is 11.7. The van der Waals surface area contributed by atoms with E-state index in [1.54, 1.807) is 6.92 Å². The summed E-state index contributed by atoms with van der Waals surface area (Å²) in [6, 6.07) is 3.70. The molecule has 0 atom stereocenters. The second-order valence-corrected chi connectivity index (χ2v) is 4.32. The standard InChI is InChI=1S/C11H10N2O2S/c1-6-9(8-3-2-4-16-8)10(14)7(5-13-6)11(12)15/h2-5H,1H3,(H2,12,15)(H,13,14). The van der Waals surface area contributed by atoms with Crippen LogP contribution in [0.4, 0.5) is 0 Å². The van der Waals surface area contributed by atoms with Crippen LogP contribution in [0.15, 0.2) is 28.5 Å². The van der Waals surface area contributed by atoms with Gasteiger partial charge in [-0.2, -0.15) is 0 Å². The number of hydrogen-bond acceptors (Lipinski definition) is 3. The third kappa shape index (κ3) is 1.65. The lowest BCUT2D eigenvalue weighted by atomic mass is 10.1. The molecule has 0 aliphatic heterocycles. The predicted molar refractivity (Wildman–Crippen MR) is 63.6 cm³/mol. The zero-order valence-corrected chi connectivity index (χ0v) is 9.43. The highest BCUT2D eigenvalue weighted by Gasteiger charge is 2.14. The van der Waals surface area contributed by atoms with E-state index in [0.29, 0.717) is 5.56 Å². The fourth-order valence-electron chi connectivity index (χ4n) is 1.52. The quantitative estimate of drug-likeness (QED) is 0.826. The van der Waals surface area contributed by atoms with Gasteiger partial charge in [-0.1, -0.05) is 6.07 Å². The van der Waals surface area contributed by atoms with E-state index < -0.39 is 5.91 Å². The molecule has 1 amide bonds. The number of aromatic nitrogens is 1. The molecule has 0 bridgehead atoms. The maximum Gasteiger partial charge on any atom is 0.254 e. The van der Waals surface area contributed by atoms with E-state index in [9.17, 15) is 9.59 Å². The van der Waals surface area contributed by atoms with Crippen LogP contribution in [0, 0.1) is 6.92 Å². The summed E-state index contributed by atoms with van der Waals surface area (Å²) < 4.78 is 0. The number of carbonyl (C=O) groups is 1. The van der Waals surface area contributed by atoms with E-state index in [1.807, 2.05) is 17.5 Å². The second-order valence-electron chi connectivity index (χ2n) is 3.37. The van der Waals surface area contributed by atoms with Gasteiger partial charge in [0.05, 0.1) is 5.56 Å². The molecular formula is C11H10N2O2S. The van der Waals surface area contributed by atoms with E-state index in [-0.39, 0.29) is 11.0 Å². The van der Waals surface area contributed by atoms with Gasteiger partial charge in [0.15, 0.2) is 0 Å². The Bertz CT molecular complexity index is 585. The minimum atomic E-state index is -0.709. The molecule has 0 saturated carbocycles. The van der Waals surface area contributed by atoms with Crippen molar-refractivity contribution in [2.45, 2.75) is 6.92 Å². The molecule has 82 valence electrons. The normalized spacial score (nSPS) is 10.3. The number of carbonyl (C=O) groups excluding carboxylic acids is 1. The van der Waals surface area contributed by atoms with Gasteiger partial charge >= 0.3 is 0 Å². The van der Waals surface area contributed by atoms with Crippen LogP contribution in [0.25, 0.3) is 10.4 Å². The van der Waals surface area contributed by atoms with Crippen molar-refractivity contribution < 1.29 is 4.79 Å². The number of H-pyrrole nitrogens is 1. The van der Waals surface area contributed by atoms with Crippen molar-refractivity contribution in [3.63, 3.8) is 0 Å². The Morgan fingerprint density at radius 1 is 1.50 bits per heavy atom. The van der Waals surface area contributed by atoms with Crippen LogP contribution in [0.2, 0.25) is 0 Å². The summed E-state index contributed by atoms with van der Waals surface area (Å²) in [6.45, 7) is 1.79. The number of pyridine rings is 1. The van der Waals surface area contributed by atoms with E-state index in [1.165, 1.54) is 17.5 Å². The summed E-state index contributed by atoms with van der Waals surface area (Å²) in [7, 11) is 0. The third-order valence-electron chi connectivity index (χ3n) is 2.31. The van der Waals surface area contributed by atoms with Gasteiger partial charge in [-0.25, -0.2) is 0 Å². The first-order chi connectivity index (χ1) is 7.61. The first kappa shape index (κ1) is 10.6. The molecule has 0 aliphatic rings. The highest BCUT2D eigenvalue weighted by molar-refractivity contribution is 7.13. The number of aromatic amines is 1. The molecule has 2 rings (SSSR count). The van der Waals surface area contributed by atoms with Crippen molar-refractivity contribution in [3.05, 3.63) is 45.2 Å². The molecule has 0 fully saturated rings. The molecule has 0 spiro atoms. The minimum absolute atomic E-state index is 0.00556. The Kier molecular flexibility index (Phi) is 2.62. The van der Waals surface area contributed by atoms with Gasteiger partial charge in [0.2, 0.25) is 5.43 Å². The molecule has 2 aromatic heterocycles. The molecule has 0 saturated heterocycles. The summed E-state index contributed by atoms with van der Waals surface area (Å²) in [5, 5.41) is 1.88. The van der Waals surface area contributed by atoms with Crippen molar-refractivity contribution in [1.82, 2.24) is 4.98 Å². The fourth-order valence-corrected chi connectivity index (χ4v) is 2.35. The fraction of sp³-hybridized carbons (Fsp3) is 0.0909. The Labute approximate surface area is 95.7 Å². The van der Waals surface area contributed by atoms with Crippen molar-refractivity contribution in [2.24, 2.45) is 5.73 Å². The van der Waals surface area contributed by atoms with Gasteiger partial charge in [-0.3, -0.25) is 9.59 Å². The Morgan fingerprint density at radius 2 is 2.25 bits per heavy atom. The smallest absolute Gasteiger partial charge is 0.254 e. The van der Waals surface area contributed by atoms with Crippen LogP contribution in [-0.2, 0) is 0 Å². The van der Waals surface area contributed by atoms with E-state index >= 15 is 0 Å². The van der Waals surface area contributed by atoms with Crippen LogP contribution in [0.3, 0.4) is 0 Å². The van der Waals surface area contributed by atoms with Crippen molar-refractivity contribution in [2.75, 3.05) is 0 Å². The van der Waals surface area contributed by atoms with Crippen LogP contribution in [0.5, 0.6) is 0 Å². The first-order valence-corrected chi connectivity index (χ1v) is 5.55. The monoisotopic (exact) mass is 234 g/mol. The third-order valence-corrected chi connectivity index (χ3v) is 3.20. The first-order valence-electron chi connectivity index (χ1n) is 4.67. The number of rotatable bonds is 2. The molecule has 2 aromatic rings.